The van der Waals surface area contributed by atoms with E-state index in [2.05, 4.69) is 0 Å². The van der Waals surface area contributed by atoms with Crippen molar-refractivity contribution in [3.05, 3.63) is 65.7 Å². The molecule has 2 aromatic rings. The lowest BCUT2D eigenvalue weighted by molar-refractivity contribution is 0.178. The van der Waals surface area contributed by atoms with Crippen molar-refractivity contribution in [2.75, 3.05) is 20.8 Å². The third kappa shape index (κ3) is 4.86. The first kappa shape index (κ1) is 22.3. The molecular formula is C23H28O6S. The van der Waals surface area contributed by atoms with Gasteiger partial charge in [-0.05, 0) is 56.0 Å². The van der Waals surface area contributed by atoms with Crippen LogP contribution in [0.3, 0.4) is 0 Å². The molecular weight excluding hydrogens is 404 g/mol. The molecule has 7 heteroatoms. The first-order valence-corrected chi connectivity index (χ1v) is 11.3. The highest BCUT2D eigenvalue weighted by Crippen LogP contribution is 2.41. The summed E-state index contributed by atoms with van der Waals surface area (Å²) in [5.74, 6) is 1.22. The van der Waals surface area contributed by atoms with E-state index < -0.39 is 21.6 Å². The maximum Gasteiger partial charge on any atom is 0.296 e. The number of aryl methyl sites for hydroxylation is 1. The van der Waals surface area contributed by atoms with Gasteiger partial charge in [-0.3, -0.25) is 4.18 Å². The minimum Gasteiger partial charge on any atom is -0.493 e. The average Bonchev–Trinajstić information content (AvgIpc) is 2.75. The number of aliphatic hydroxyl groups excluding tert-OH is 1. The summed E-state index contributed by atoms with van der Waals surface area (Å²) in [6, 6.07) is 12.3. The molecule has 0 fully saturated rings. The van der Waals surface area contributed by atoms with E-state index in [1.165, 1.54) is 0 Å². The number of aliphatic hydroxyl groups is 1. The van der Waals surface area contributed by atoms with Crippen LogP contribution >= 0.6 is 0 Å². The quantitative estimate of drug-likeness (QED) is 0.505. The Morgan fingerprint density at radius 3 is 2.37 bits per heavy atom. The summed E-state index contributed by atoms with van der Waals surface area (Å²) >= 11 is 0. The van der Waals surface area contributed by atoms with Gasteiger partial charge >= 0.3 is 0 Å². The Morgan fingerprint density at radius 2 is 1.77 bits per heavy atom. The summed E-state index contributed by atoms with van der Waals surface area (Å²) in [7, 11) is -0.686. The van der Waals surface area contributed by atoms with Crippen molar-refractivity contribution in [3.63, 3.8) is 0 Å². The van der Waals surface area contributed by atoms with E-state index >= 15 is 0 Å². The van der Waals surface area contributed by atoms with E-state index in [-0.39, 0.29) is 11.5 Å². The van der Waals surface area contributed by atoms with Crippen LogP contribution < -0.4 is 9.47 Å². The molecule has 0 spiro atoms. The smallest absolute Gasteiger partial charge is 0.296 e. The molecule has 1 N–H and O–H groups in total. The number of methoxy groups -OCH3 is 2. The predicted molar refractivity (Wildman–Crippen MR) is 115 cm³/mol. The predicted octanol–water partition coefficient (Wildman–Crippen LogP) is 3.76. The highest BCUT2D eigenvalue weighted by molar-refractivity contribution is 7.86. The van der Waals surface area contributed by atoms with E-state index in [0.29, 0.717) is 30.8 Å². The fourth-order valence-corrected chi connectivity index (χ4v) is 4.63. The van der Waals surface area contributed by atoms with Crippen LogP contribution in [0, 0.1) is 6.92 Å². The summed E-state index contributed by atoms with van der Waals surface area (Å²) < 4.78 is 41.2. The van der Waals surface area contributed by atoms with Gasteiger partial charge in [0.05, 0.1) is 31.8 Å². The van der Waals surface area contributed by atoms with Crippen LogP contribution in [0.15, 0.2) is 59.5 Å². The van der Waals surface area contributed by atoms with Crippen molar-refractivity contribution in [2.45, 2.75) is 42.6 Å². The Morgan fingerprint density at radius 1 is 1.07 bits per heavy atom. The van der Waals surface area contributed by atoms with Crippen molar-refractivity contribution in [3.8, 4) is 11.5 Å². The lowest BCUT2D eigenvalue weighted by Crippen LogP contribution is -2.31. The van der Waals surface area contributed by atoms with Gasteiger partial charge in [-0.2, -0.15) is 8.42 Å². The Bertz CT molecular complexity index is 997. The average molecular weight is 433 g/mol. The maximum atomic E-state index is 12.5. The summed E-state index contributed by atoms with van der Waals surface area (Å²) in [6.45, 7) is 1.92. The largest absolute Gasteiger partial charge is 0.493 e. The third-order valence-electron chi connectivity index (χ3n) is 5.58. The van der Waals surface area contributed by atoms with Gasteiger partial charge in [-0.15, -0.1) is 0 Å². The first-order chi connectivity index (χ1) is 14.3. The zero-order valence-electron chi connectivity index (χ0n) is 17.5. The molecule has 0 bridgehead atoms. The Kier molecular flexibility index (Phi) is 6.85. The fraction of sp³-hybridized carbons (Fsp3) is 0.391. The molecule has 3 rings (SSSR count). The minimum absolute atomic E-state index is 0.0188. The molecule has 1 aliphatic carbocycles. The van der Waals surface area contributed by atoms with Crippen molar-refractivity contribution in [2.24, 2.45) is 0 Å². The molecule has 0 aromatic heterocycles. The molecule has 30 heavy (non-hydrogen) atoms. The van der Waals surface area contributed by atoms with Gasteiger partial charge in [0, 0.05) is 5.41 Å². The highest BCUT2D eigenvalue weighted by atomic mass is 32.2. The van der Waals surface area contributed by atoms with Crippen molar-refractivity contribution in [1.29, 1.82) is 0 Å². The minimum atomic E-state index is -3.84. The van der Waals surface area contributed by atoms with E-state index in [1.807, 2.05) is 31.2 Å². The van der Waals surface area contributed by atoms with E-state index in [9.17, 15) is 13.5 Å². The second-order valence-corrected chi connectivity index (χ2v) is 9.15. The second-order valence-electron chi connectivity index (χ2n) is 7.53. The SMILES string of the molecule is COc1ccc([C@]2(CCOS(=O)(=O)c3ccc(C)cc3)C=CC(O)CC2)cc1OC. The molecule has 0 aliphatic heterocycles. The molecule has 1 aliphatic rings. The fourth-order valence-electron chi connectivity index (χ4n) is 3.73. The van der Waals surface area contributed by atoms with Crippen LogP contribution in [0.1, 0.15) is 30.4 Å². The van der Waals surface area contributed by atoms with Crippen LogP contribution in [0.5, 0.6) is 11.5 Å². The number of hydrogen-bond donors (Lipinski definition) is 1. The molecule has 0 radical (unpaired) electrons. The third-order valence-corrected chi connectivity index (χ3v) is 6.90. The molecule has 1 unspecified atom stereocenters. The van der Waals surface area contributed by atoms with Gasteiger partial charge < -0.3 is 14.6 Å². The summed E-state index contributed by atoms with van der Waals surface area (Å²) in [4.78, 5) is 0.142. The van der Waals surface area contributed by atoms with Crippen LogP contribution in [0.2, 0.25) is 0 Å². The number of rotatable bonds is 8. The summed E-state index contributed by atoms with van der Waals surface area (Å²) in [5.41, 5.74) is 1.47. The number of allylic oxidation sites excluding steroid dienone is 1. The molecule has 0 heterocycles. The normalized spacial score (nSPS) is 21.4. The Balaban J connectivity index is 1.83. The van der Waals surface area contributed by atoms with Gasteiger partial charge in [0.2, 0.25) is 0 Å². The maximum absolute atomic E-state index is 12.5. The van der Waals surface area contributed by atoms with Gasteiger partial charge in [-0.1, -0.05) is 35.9 Å². The molecule has 0 saturated heterocycles. The van der Waals surface area contributed by atoms with Gasteiger partial charge in [0.25, 0.3) is 10.1 Å². The Labute approximate surface area is 178 Å². The zero-order valence-corrected chi connectivity index (χ0v) is 18.3. The first-order valence-electron chi connectivity index (χ1n) is 9.86. The molecule has 162 valence electrons. The van der Waals surface area contributed by atoms with Gasteiger partial charge in [0.1, 0.15) is 0 Å². The van der Waals surface area contributed by atoms with Crippen LogP contribution in [-0.4, -0.2) is 40.5 Å². The molecule has 0 amide bonds. The van der Waals surface area contributed by atoms with E-state index in [0.717, 1.165) is 11.1 Å². The molecule has 0 saturated carbocycles. The van der Waals surface area contributed by atoms with Gasteiger partial charge in [0.15, 0.2) is 11.5 Å². The van der Waals surface area contributed by atoms with Crippen LogP contribution in [0.4, 0.5) is 0 Å². The number of ether oxygens (including phenoxy) is 2. The lowest BCUT2D eigenvalue weighted by atomic mass is 9.71. The van der Waals surface area contributed by atoms with E-state index in [1.54, 1.807) is 44.6 Å². The number of benzene rings is 2. The second kappa shape index (κ2) is 9.20. The molecule has 6 nitrogen and oxygen atoms in total. The van der Waals surface area contributed by atoms with Crippen molar-refractivity contribution < 1.29 is 27.2 Å². The van der Waals surface area contributed by atoms with E-state index in [4.69, 9.17) is 13.7 Å². The Hall–Kier alpha value is -2.35. The summed E-state index contributed by atoms with van der Waals surface area (Å²) in [5, 5.41) is 9.94. The monoisotopic (exact) mass is 432 g/mol. The molecule has 2 atom stereocenters. The topological polar surface area (TPSA) is 82.1 Å². The van der Waals surface area contributed by atoms with Crippen LogP contribution in [-0.2, 0) is 19.7 Å². The zero-order chi connectivity index (χ0) is 21.8. The van der Waals surface area contributed by atoms with Crippen LogP contribution in [0.25, 0.3) is 0 Å². The van der Waals surface area contributed by atoms with Crippen molar-refractivity contribution in [1.82, 2.24) is 0 Å². The molecule has 2 aromatic carbocycles. The van der Waals surface area contributed by atoms with Gasteiger partial charge in [-0.25, -0.2) is 0 Å². The van der Waals surface area contributed by atoms with Crippen molar-refractivity contribution >= 4 is 10.1 Å². The standard InChI is InChI=1S/C23H28O6S/c1-17-4-7-20(8-5-17)30(25,26)29-15-14-23(12-10-19(24)11-13-23)18-6-9-21(27-2)22(16-18)28-3/h4-10,12,16,19,24H,11,13-15H2,1-3H3/t19?,23-/m1/s1. The summed E-state index contributed by atoms with van der Waals surface area (Å²) in [6.07, 6.45) is 4.88. The number of hydrogen-bond acceptors (Lipinski definition) is 6. The highest BCUT2D eigenvalue weighted by Gasteiger charge is 2.34. The lowest BCUT2D eigenvalue weighted by Gasteiger charge is -2.35.